The number of nitrogens with zero attached hydrogens (tertiary/aromatic N) is 3. The van der Waals surface area contributed by atoms with Crippen LogP contribution in [0.4, 0.5) is 0 Å². The Morgan fingerprint density at radius 1 is 1.19 bits per heavy atom. The number of carbonyl (C=O) groups is 1. The molecule has 0 saturated carbocycles. The van der Waals surface area contributed by atoms with Crippen LogP contribution in [0.5, 0.6) is 5.75 Å². The van der Waals surface area contributed by atoms with Crippen LogP contribution in [0, 0.1) is 0 Å². The van der Waals surface area contributed by atoms with E-state index in [1.54, 1.807) is 48.7 Å². The maximum Gasteiger partial charge on any atom is 0.267 e. The molecule has 0 aliphatic carbocycles. The molecule has 2 heterocycles. The van der Waals surface area contributed by atoms with Gasteiger partial charge in [-0.05, 0) is 75.7 Å². The number of amides is 1. The van der Waals surface area contributed by atoms with E-state index in [0.717, 1.165) is 10.0 Å². The number of thioether (sulfide) groups is 1. The third-order valence-electron chi connectivity index (χ3n) is 4.35. The molecule has 1 amide bonds. The monoisotopic (exact) mass is 593 g/mol. The van der Waals surface area contributed by atoms with E-state index in [0.29, 0.717) is 30.9 Å². The fourth-order valence-electron chi connectivity index (χ4n) is 2.82. The topological polar surface area (TPSA) is 78.4 Å². The minimum absolute atomic E-state index is 0.0445. The Hall–Kier alpha value is -2.33. The standard InChI is InChI=1S/C22H14Br2ClN3O3S/c23-15-9-14(20(29)18(24)10-15)11-26-27-22-28(12-17-2-1-7-31-17)21(30)19(32-22)8-13-3-5-16(25)6-4-13/h1-11,29H,12H2/b19-8-,26-11-,27-22+. The molecule has 1 N–H and O–H groups in total. The molecule has 6 nitrogen and oxygen atoms in total. The number of amidine groups is 1. The van der Waals surface area contributed by atoms with Gasteiger partial charge in [-0.25, -0.2) is 0 Å². The summed E-state index contributed by atoms with van der Waals surface area (Å²) in [7, 11) is 0. The van der Waals surface area contributed by atoms with E-state index in [2.05, 4.69) is 42.1 Å². The number of furan rings is 1. The van der Waals surface area contributed by atoms with E-state index in [1.807, 2.05) is 12.1 Å². The predicted octanol–water partition coefficient (Wildman–Crippen LogP) is 6.67. The number of carbonyl (C=O) groups excluding carboxylic acids is 1. The molecule has 0 atom stereocenters. The maximum atomic E-state index is 13.1. The summed E-state index contributed by atoms with van der Waals surface area (Å²) in [6.45, 7) is 0.221. The molecule has 0 spiro atoms. The van der Waals surface area contributed by atoms with Crippen molar-refractivity contribution >= 4 is 78.6 Å². The highest BCUT2D eigenvalue weighted by Crippen LogP contribution is 2.34. The van der Waals surface area contributed by atoms with E-state index in [9.17, 15) is 9.90 Å². The second-order valence-electron chi connectivity index (χ2n) is 6.59. The Kier molecular flexibility index (Phi) is 7.20. The number of phenolic OH excluding ortho intramolecular Hbond substituents is 1. The molecule has 162 valence electrons. The normalized spacial score (nSPS) is 16.7. The zero-order chi connectivity index (χ0) is 22.7. The summed E-state index contributed by atoms with van der Waals surface area (Å²) >= 11 is 13.8. The van der Waals surface area contributed by atoms with E-state index < -0.39 is 0 Å². The summed E-state index contributed by atoms with van der Waals surface area (Å²) in [5.74, 6) is 0.461. The first-order valence-corrected chi connectivity index (χ1v) is 12.0. The highest BCUT2D eigenvalue weighted by molar-refractivity contribution is 9.11. The van der Waals surface area contributed by atoms with E-state index >= 15 is 0 Å². The maximum absolute atomic E-state index is 13.1. The summed E-state index contributed by atoms with van der Waals surface area (Å²) in [5, 5.41) is 19.6. The molecule has 0 bridgehead atoms. The first-order valence-electron chi connectivity index (χ1n) is 9.19. The molecule has 32 heavy (non-hydrogen) atoms. The summed E-state index contributed by atoms with van der Waals surface area (Å²) in [5.41, 5.74) is 1.32. The van der Waals surface area contributed by atoms with Crippen molar-refractivity contribution in [3.05, 3.63) is 90.6 Å². The van der Waals surface area contributed by atoms with Crippen LogP contribution >= 0.6 is 55.2 Å². The van der Waals surface area contributed by atoms with Gasteiger partial charge in [-0.15, -0.1) is 5.10 Å². The predicted molar refractivity (Wildman–Crippen MR) is 135 cm³/mol. The number of aromatic hydroxyl groups is 1. The van der Waals surface area contributed by atoms with Crippen molar-refractivity contribution in [3.8, 4) is 5.75 Å². The van der Waals surface area contributed by atoms with Crippen molar-refractivity contribution in [1.29, 1.82) is 0 Å². The third kappa shape index (κ3) is 5.35. The van der Waals surface area contributed by atoms with E-state index in [-0.39, 0.29) is 18.2 Å². The summed E-state index contributed by atoms with van der Waals surface area (Å²) in [6, 6.07) is 14.2. The number of hydrogen-bond acceptors (Lipinski definition) is 6. The molecule has 1 saturated heterocycles. The van der Waals surface area contributed by atoms with Crippen molar-refractivity contribution in [1.82, 2.24) is 4.90 Å². The van der Waals surface area contributed by atoms with Crippen molar-refractivity contribution in [2.45, 2.75) is 6.54 Å². The lowest BCUT2D eigenvalue weighted by Gasteiger charge is -2.12. The average Bonchev–Trinajstić information content (AvgIpc) is 3.37. The van der Waals surface area contributed by atoms with Gasteiger partial charge in [0.1, 0.15) is 11.5 Å². The van der Waals surface area contributed by atoms with Crippen LogP contribution in [-0.2, 0) is 11.3 Å². The van der Waals surface area contributed by atoms with Gasteiger partial charge >= 0.3 is 0 Å². The highest BCUT2D eigenvalue weighted by Gasteiger charge is 2.34. The van der Waals surface area contributed by atoms with Gasteiger partial charge in [-0.1, -0.05) is 39.7 Å². The number of halogens is 3. The van der Waals surface area contributed by atoms with Gasteiger partial charge in [0.25, 0.3) is 5.91 Å². The van der Waals surface area contributed by atoms with Crippen LogP contribution < -0.4 is 0 Å². The molecule has 1 aromatic heterocycles. The molecule has 0 radical (unpaired) electrons. The number of benzene rings is 2. The summed E-state index contributed by atoms with van der Waals surface area (Å²) < 4.78 is 6.70. The molecule has 1 fully saturated rings. The lowest BCUT2D eigenvalue weighted by atomic mass is 10.2. The van der Waals surface area contributed by atoms with Gasteiger partial charge in [0.15, 0.2) is 5.17 Å². The van der Waals surface area contributed by atoms with Crippen molar-refractivity contribution < 1.29 is 14.3 Å². The Bertz CT molecular complexity index is 1240. The van der Waals surface area contributed by atoms with Crippen molar-refractivity contribution in [3.63, 3.8) is 0 Å². The SMILES string of the molecule is O=C1/C(=C/c2ccc(Cl)cc2)S/C(=N/N=C\c2cc(Br)cc(Br)c2O)N1Cc1ccco1. The van der Waals surface area contributed by atoms with Crippen molar-refractivity contribution in [2.75, 3.05) is 0 Å². The van der Waals surface area contributed by atoms with Gasteiger partial charge < -0.3 is 9.52 Å². The molecule has 2 aromatic carbocycles. The summed E-state index contributed by atoms with van der Waals surface area (Å²) in [6.07, 6.45) is 4.76. The lowest BCUT2D eigenvalue weighted by molar-refractivity contribution is -0.122. The summed E-state index contributed by atoms with van der Waals surface area (Å²) in [4.78, 5) is 15.1. The Balaban J connectivity index is 1.64. The first kappa shape index (κ1) is 22.8. The second-order valence-corrected chi connectivity index (χ2v) is 9.80. The van der Waals surface area contributed by atoms with E-state index in [1.165, 1.54) is 22.9 Å². The van der Waals surface area contributed by atoms with E-state index in [4.69, 9.17) is 16.0 Å². The Labute approximate surface area is 209 Å². The molecule has 1 aliphatic heterocycles. The number of rotatable bonds is 5. The number of phenols is 1. The molecule has 4 rings (SSSR count). The van der Waals surface area contributed by atoms with Gasteiger partial charge in [0.2, 0.25) is 0 Å². The zero-order valence-electron chi connectivity index (χ0n) is 16.2. The Morgan fingerprint density at radius 3 is 2.69 bits per heavy atom. The van der Waals surface area contributed by atoms with Crippen LogP contribution in [0.3, 0.4) is 0 Å². The highest BCUT2D eigenvalue weighted by atomic mass is 79.9. The molecule has 1 aliphatic rings. The molecular weight excluding hydrogens is 582 g/mol. The third-order valence-corrected chi connectivity index (χ3v) is 6.66. The number of hydrogen-bond donors (Lipinski definition) is 1. The second kappa shape index (κ2) is 10.1. The van der Waals surface area contributed by atoms with Crippen LogP contribution in [0.2, 0.25) is 5.02 Å². The largest absolute Gasteiger partial charge is 0.506 e. The first-order chi connectivity index (χ1) is 15.4. The van der Waals surface area contributed by atoms with Crippen LogP contribution in [0.15, 0.2) is 83.3 Å². The van der Waals surface area contributed by atoms with Crippen LogP contribution in [0.1, 0.15) is 16.9 Å². The Morgan fingerprint density at radius 2 is 1.97 bits per heavy atom. The fourth-order valence-corrected chi connectivity index (χ4v) is 5.13. The van der Waals surface area contributed by atoms with Gasteiger partial charge in [-0.3, -0.25) is 9.69 Å². The quantitative estimate of drug-likeness (QED) is 0.203. The van der Waals surface area contributed by atoms with Crippen LogP contribution in [-0.4, -0.2) is 27.3 Å². The minimum atomic E-state index is -0.205. The minimum Gasteiger partial charge on any atom is -0.506 e. The lowest BCUT2D eigenvalue weighted by Crippen LogP contribution is -2.28. The van der Waals surface area contributed by atoms with Gasteiger partial charge in [-0.2, -0.15) is 5.10 Å². The van der Waals surface area contributed by atoms with Gasteiger partial charge in [0, 0.05) is 15.1 Å². The molecule has 0 unspecified atom stereocenters. The zero-order valence-corrected chi connectivity index (χ0v) is 20.9. The van der Waals surface area contributed by atoms with Crippen molar-refractivity contribution in [2.24, 2.45) is 10.2 Å². The molecular formula is C22H14Br2ClN3O3S. The molecule has 10 heteroatoms. The smallest absolute Gasteiger partial charge is 0.267 e. The fraction of sp³-hybridized carbons (Fsp3) is 0.0455. The average molecular weight is 596 g/mol. The molecule has 3 aromatic rings. The van der Waals surface area contributed by atoms with Crippen LogP contribution in [0.25, 0.3) is 6.08 Å². The van der Waals surface area contributed by atoms with Gasteiger partial charge in [0.05, 0.1) is 28.4 Å².